The molecular formula is C32H42O9. The summed E-state index contributed by atoms with van der Waals surface area (Å²) in [4.78, 5) is 60.1. The predicted octanol–water partition coefficient (Wildman–Crippen LogP) is 6.30. The maximum atomic E-state index is 12.5. The highest BCUT2D eigenvalue weighted by molar-refractivity contribution is 6.23. The van der Waals surface area contributed by atoms with E-state index >= 15 is 0 Å². The molecule has 0 aromatic carbocycles. The fourth-order valence-corrected chi connectivity index (χ4v) is 4.78. The number of aliphatic hydroxyl groups excluding tert-OH is 2. The van der Waals surface area contributed by atoms with Crippen molar-refractivity contribution in [2.45, 2.75) is 104 Å². The van der Waals surface area contributed by atoms with Crippen molar-refractivity contribution in [1.82, 2.24) is 0 Å². The number of rotatable bonds is 18. The van der Waals surface area contributed by atoms with E-state index in [-0.39, 0.29) is 34.7 Å². The van der Waals surface area contributed by atoms with Crippen molar-refractivity contribution in [2.75, 3.05) is 7.11 Å². The van der Waals surface area contributed by atoms with Crippen LogP contribution >= 0.6 is 0 Å². The summed E-state index contributed by atoms with van der Waals surface area (Å²) in [6.07, 6.45) is 17.5. The number of carbonyl (C=O) groups excluding carboxylic acids is 5. The first-order chi connectivity index (χ1) is 19.6. The Morgan fingerprint density at radius 3 is 1.78 bits per heavy atom. The normalized spacial score (nSPS) is 16.3. The fourth-order valence-electron chi connectivity index (χ4n) is 4.78. The van der Waals surface area contributed by atoms with Gasteiger partial charge in [-0.25, -0.2) is 0 Å². The first-order valence-corrected chi connectivity index (χ1v) is 14.4. The highest BCUT2D eigenvalue weighted by Gasteiger charge is 2.32. The molecule has 2 N–H and O–H groups in total. The van der Waals surface area contributed by atoms with Gasteiger partial charge in [-0.05, 0) is 58.3 Å². The number of ether oxygens (including phenoxy) is 2. The van der Waals surface area contributed by atoms with Gasteiger partial charge in [0.1, 0.15) is 0 Å². The van der Waals surface area contributed by atoms with E-state index in [0.29, 0.717) is 19.3 Å². The maximum absolute atomic E-state index is 12.5. The molecule has 0 saturated carbocycles. The minimum absolute atomic E-state index is 0.0146. The molecule has 2 rings (SSSR count). The minimum atomic E-state index is -0.678. The Balaban J connectivity index is 1.52. The van der Waals surface area contributed by atoms with E-state index < -0.39 is 40.6 Å². The van der Waals surface area contributed by atoms with Crippen LogP contribution in [0.1, 0.15) is 104 Å². The Kier molecular flexibility index (Phi) is 14.0. The SMILES string of the molecule is COC1=CC(=O)C(OC(C)=O)=C(CCCCCCCC=CCCCCCCCC2=C(O)C(=O)C(C)=C(O)C2=O)C1=O. The Hall–Kier alpha value is -3.75. The van der Waals surface area contributed by atoms with Gasteiger partial charge in [-0.15, -0.1) is 0 Å². The standard InChI is InChI=1S/C32H42O9/c1-21-27(35)30(38)23(31(39)28(21)36)18-16-14-12-10-8-6-4-5-7-9-11-13-15-17-19-24-29(37)26(40-3)20-25(34)32(24)41-22(2)33/h4-5,20,35,39H,6-19H2,1-3H3. The lowest BCUT2D eigenvalue weighted by Gasteiger charge is -2.17. The first kappa shape index (κ1) is 33.5. The third-order valence-corrected chi connectivity index (χ3v) is 7.17. The topological polar surface area (TPSA) is 144 Å². The highest BCUT2D eigenvalue weighted by Crippen LogP contribution is 2.27. The lowest BCUT2D eigenvalue weighted by Crippen LogP contribution is -2.23. The Morgan fingerprint density at radius 2 is 1.24 bits per heavy atom. The van der Waals surface area contributed by atoms with Crippen molar-refractivity contribution in [3.05, 3.63) is 58.0 Å². The largest absolute Gasteiger partial charge is 0.504 e. The molecule has 0 amide bonds. The number of Topliss-reactive ketones (excluding diaryl/α,β-unsaturated/α-hetero) is 3. The van der Waals surface area contributed by atoms with E-state index in [1.54, 1.807) is 0 Å². The number of esters is 1. The molecule has 0 fully saturated rings. The van der Waals surface area contributed by atoms with E-state index in [1.807, 2.05) is 0 Å². The van der Waals surface area contributed by atoms with Gasteiger partial charge in [-0.3, -0.25) is 24.0 Å². The summed E-state index contributed by atoms with van der Waals surface area (Å²) in [6, 6.07) is 0. The van der Waals surface area contributed by atoms with Gasteiger partial charge >= 0.3 is 5.97 Å². The second kappa shape index (κ2) is 17.1. The maximum Gasteiger partial charge on any atom is 0.308 e. The molecule has 0 aromatic heterocycles. The number of unbranched alkanes of at least 4 members (excludes halogenated alkanes) is 10. The van der Waals surface area contributed by atoms with E-state index in [1.165, 1.54) is 21.0 Å². The zero-order valence-corrected chi connectivity index (χ0v) is 24.4. The second-order valence-corrected chi connectivity index (χ2v) is 10.4. The third-order valence-electron chi connectivity index (χ3n) is 7.17. The molecule has 0 atom stereocenters. The lowest BCUT2D eigenvalue weighted by molar-refractivity contribution is -0.140. The van der Waals surface area contributed by atoms with Crippen molar-refractivity contribution in [1.29, 1.82) is 0 Å². The molecule has 0 unspecified atom stereocenters. The molecular weight excluding hydrogens is 528 g/mol. The number of aliphatic hydroxyl groups is 2. The monoisotopic (exact) mass is 570 g/mol. The number of allylic oxidation sites excluding steroid dienone is 6. The Labute approximate surface area is 241 Å². The van der Waals surface area contributed by atoms with Gasteiger partial charge in [-0.2, -0.15) is 0 Å². The van der Waals surface area contributed by atoms with Gasteiger partial charge in [0.25, 0.3) is 0 Å². The molecule has 9 heteroatoms. The van der Waals surface area contributed by atoms with Crippen molar-refractivity contribution < 1.29 is 43.7 Å². The van der Waals surface area contributed by atoms with Crippen LogP contribution in [0.15, 0.2) is 58.0 Å². The van der Waals surface area contributed by atoms with E-state index in [4.69, 9.17) is 9.47 Å². The lowest BCUT2D eigenvalue weighted by atomic mass is 9.91. The second-order valence-electron chi connectivity index (χ2n) is 10.4. The summed E-state index contributed by atoms with van der Waals surface area (Å²) < 4.78 is 10.0. The number of hydrogen-bond acceptors (Lipinski definition) is 9. The number of methoxy groups -OCH3 is 1. The van der Waals surface area contributed by atoms with Gasteiger partial charge in [0.2, 0.25) is 23.1 Å². The highest BCUT2D eigenvalue weighted by atomic mass is 16.5. The summed E-state index contributed by atoms with van der Waals surface area (Å²) >= 11 is 0. The summed E-state index contributed by atoms with van der Waals surface area (Å²) in [5.74, 6) is -4.22. The minimum Gasteiger partial charge on any atom is -0.504 e. The van der Waals surface area contributed by atoms with Crippen LogP contribution < -0.4 is 0 Å². The van der Waals surface area contributed by atoms with Crippen LogP contribution in [-0.4, -0.2) is 46.4 Å². The van der Waals surface area contributed by atoms with Crippen LogP contribution in [0.4, 0.5) is 0 Å². The van der Waals surface area contributed by atoms with Gasteiger partial charge in [-0.1, -0.05) is 50.7 Å². The Bertz CT molecular complexity index is 1180. The molecule has 0 aromatic rings. The van der Waals surface area contributed by atoms with E-state index in [9.17, 15) is 34.2 Å². The van der Waals surface area contributed by atoms with Crippen LogP contribution in [0, 0.1) is 0 Å². The first-order valence-electron chi connectivity index (χ1n) is 14.4. The van der Waals surface area contributed by atoms with Gasteiger partial charge in [0.15, 0.2) is 23.0 Å². The molecule has 0 saturated heterocycles. The zero-order valence-electron chi connectivity index (χ0n) is 24.4. The summed E-state index contributed by atoms with van der Waals surface area (Å²) in [7, 11) is 1.33. The van der Waals surface area contributed by atoms with Crippen LogP contribution in [0.2, 0.25) is 0 Å². The molecule has 224 valence electrons. The van der Waals surface area contributed by atoms with Gasteiger partial charge in [0, 0.05) is 24.1 Å². The molecule has 2 aliphatic rings. The molecule has 0 spiro atoms. The molecule has 41 heavy (non-hydrogen) atoms. The summed E-state index contributed by atoms with van der Waals surface area (Å²) in [6.45, 7) is 2.52. The smallest absolute Gasteiger partial charge is 0.308 e. The van der Waals surface area contributed by atoms with Crippen molar-refractivity contribution in [3.8, 4) is 0 Å². The molecule has 0 radical (unpaired) electrons. The molecule has 0 bridgehead atoms. The molecule has 0 aliphatic heterocycles. The van der Waals surface area contributed by atoms with Crippen LogP contribution in [0.5, 0.6) is 0 Å². The summed E-state index contributed by atoms with van der Waals surface area (Å²) in [5, 5.41) is 19.7. The van der Waals surface area contributed by atoms with Crippen LogP contribution in [0.25, 0.3) is 0 Å². The van der Waals surface area contributed by atoms with Crippen molar-refractivity contribution >= 4 is 29.1 Å². The third kappa shape index (κ3) is 9.99. The Morgan fingerprint density at radius 1 is 0.732 bits per heavy atom. The fraction of sp³-hybridized carbons (Fsp3) is 0.531. The van der Waals surface area contributed by atoms with Gasteiger partial charge < -0.3 is 19.7 Å². The average molecular weight is 571 g/mol. The zero-order chi connectivity index (χ0) is 30.4. The van der Waals surface area contributed by atoms with Crippen molar-refractivity contribution in [3.63, 3.8) is 0 Å². The quantitative estimate of drug-likeness (QED) is 0.0839. The molecule has 0 heterocycles. The molecule has 2 aliphatic carbocycles. The number of hydrogen-bond donors (Lipinski definition) is 2. The van der Waals surface area contributed by atoms with Crippen molar-refractivity contribution in [2.24, 2.45) is 0 Å². The van der Waals surface area contributed by atoms with E-state index in [0.717, 1.165) is 70.3 Å². The van der Waals surface area contributed by atoms with E-state index in [2.05, 4.69) is 12.2 Å². The molecule has 9 nitrogen and oxygen atoms in total. The number of ketones is 4. The van der Waals surface area contributed by atoms with Gasteiger partial charge in [0.05, 0.1) is 12.7 Å². The number of carbonyl (C=O) groups is 5. The summed E-state index contributed by atoms with van der Waals surface area (Å²) in [5.41, 5.74) is 0.107. The van der Waals surface area contributed by atoms with Crippen LogP contribution in [-0.2, 0) is 33.4 Å². The average Bonchev–Trinajstić information content (AvgIpc) is 2.94. The predicted molar refractivity (Wildman–Crippen MR) is 153 cm³/mol. The van der Waals surface area contributed by atoms with Crippen LogP contribution in [0.3, 0.4) is 0 Å².